The Morgan fingerprint density at radius 3 is 2.61 bits per heavy atom. The van der Waals surface area contributed by atoms with Crippen LogP contribution in [0.25, 0.3) is 0 Å². The van der Waals surface area contributed by atoms with Crippen LogP contribution in [0.3, 0.4) is 0 Å². The number of benzene rings is 1. The highest BCUT2D eigenvalue weighted by molar-refractivity contribution is 5.67. The van der Waals surface area contributed by atoms with Gasteiger partial charge in [-0.15, -0.1) is 0 Å². The molecule has 0 amide bonds. The number of carboxylic acid groups (broad SMARTS) is 1. The lowest BCUT2D eigenvalue weighted by Gasteiger charge is -2.16. The van der Waals surface area contributed by atoms with Gasteiger partial charge in [0.05, 0.1) is 20.6 Å². The second-order valence-corrected chi connectivity index (χ2v) is 3.97. The SMILES string of the molecule is CNC(CC(=O)O)Cc1cc(OC)ccc1OC. The summed E-state index contributed by atoms with van der Waals surface area (Å²) in [5.41, 5.74) is 0.928. The molecule has 1 aromatic carbocycles. The zero-order valence-electron chi connectivity index (χ0n) is 10.9. The maximum absolute atomic E-state index is 10.7. The van der Waals surface area contributed by atoms with Crippen molar-refractivity contribution in [2.75, 3.05) is 21.3 Å². The molecule has 0 bridgehead atoms. The molecule has 0 heterocycles. The van der Waals surface area contributed by atoms with Crippen molar-refractivity contribution in [2.45, 2.75) is 18.9 Å². The molecule has 0 radical (unpaired) electrons. The summed E-state index contributed by atoms with van der Waals surface area (Å²) in [7, 11) is 4.94. The summed E-state index contributed by atoms with van der Waals surface area (Å²) in [5.74, 6) is 0.647. The fourth-order valence-electron chi connectivity index (χ4n) is 1.79. The van der Waals surface area contributed by atoms with Crippen molar-refractivity contribution in [2.24, 2.45) is 0 Å². The molecule has 0 saturated heterocycles. The van der Waals surface area contributed by atoms with Crippen LogP contribution in [0.2, 0.25) is 0 Å². The van der Waals surface area contributed by atoms with E-state index in [0.29, 0.717) is 6.42 Å². The predicted molar refractivity (Wildman–Crippen MR) is 68.4 cm³/mol. The van der Waals surface area contributed by atoms with Crippen molar-refractivity contribution in [1.82, 2.24) is 5.32 Å². The molecular formula is C13H19NO4. The van der Waals surface area contributed by atoms with E-state index in [-0.39, 0.29) is 12.5 Å². The molecule has 0 spiro atoms. The quantitative estimate of drug-likeness (QED) is 0.767. The van der Waals surface area contributed by atoms with E-state index < -0.39 is 5.97 Å². The topological polar surface area (TPSA) is 67.8 Å². The van der Waals surface area contributed by atoms with E-state index in [1.54, 1.807) is 21.3 Å². The molecule has 0 fully saturated rings. The molecule has 0 aliphatic heterocycles. The Morgan fingerprint density at radius 1 is 1.39 bits per heavy atom. The van der Waals surface area contributed by atoms with E-state index in [4.69, 9.17) is 14.6 Å². The summed E-state index contributed by atoms with van der Waals surface area (Å²) in [6, 6.07) is 5.36. The molecule has 0 saturated carbocycles. The highest BCUT2D eigenvalue weighted by Crippen LogP contribution is 2.25. The molecule has 0 aromatic heterocycles. The number of methoxy groups -OCH3 is 2. The predicted octanol–water partition coefficient (Wildman–Crippen LogP) is 1.31. The molecular weight excluding hydrogens is 234 g/mol. The highest BCUT2D eigenvalue weighted by Gasteiger charge is 2.15. The van der Waals surface area contributed by atoms with E-state index in [1.165, 1.54) is 0 Å². The monoisotopic (exact) mass is 253 g/mol. The smallest absolute Gasteiger partial charge is 0.304 e. The van der Waals surface area contributed by atoms with Crippen LogP contribution in [0.4, 0.5) is 0 Å². The lowest BCUT2D eigenvalue weighted by atomic mass is 10.0. The normalized spacial score (nSPS) is 11.9. The van der Waals surface area contributed by atoms with Crippen molar-refractivity contribution < 1.29 is 19.4 Å². The first-order valence-electron chi connectivity index (χ1n) is 5.70. The Morgan fingerprint density at radius 2 is 2.11 bits per heavy atom. The first-order valence-corrected chi connectivity index (χ1v) is 5.70. The van der Waals surface area contributed by atoms with Crippen LogP contribution < -0.4 is 14.8 Å². The Kier molecular flexibility index (Phi) is 5.45. The van der Waals surface area contributed by atoms with Gasteiger partial charge in [-0.05, 0) is 37.2 Å². The van der Waals surface area contributed by atoms with Gasteiger partial charge in [-0.3, -0.25) is 4.79 Å². The van der Waals surface area contributed by atoms with Gasteiger partial charge in [0.15, 0.2) is 0 Å². The van der Waals surface area contributed by atoms with E-state index >= 15 is 0 Å². The molecule has 5 nitrogen and oxygen atoms in total. The molecule has 0 aliphatic carbocycles. The summed E-state index contributed by atoms with van der Waals surface area (Å²) >= 11 is 0. The number of hydrogen-bond donors (Lipinski definition) is 2. The zero-order valence-corrected chi connectivity index (χ0v) is 10.9. The number of carboxylic acids is 1. The molecule has 0 aliphatic rings. The minimum Gasteiger partial charge on any atom is -0.497 e. The van der Waals surface area contributed by atoms with Crippen molar-refractivity contribution in [3.05, 3.63) is 23.8 Å². The largest absolute Gasteiger partial charge is 0.497 e. The summed E-state index contributed by atoms with van der Waals surface area (Å²) in [6.07, 6.45) is 0.639. The molecule has 1 aromatic rings. The van der Waals surface area contributed by atoms with Gasteiger partial charge in [0.25, 0.3) is 0 Å². The van der Waals surface area contributed by atoms with Gasteiger partial charge in [-0.1, -0.05) is 0 Å². The minimum absolute atomic E-state index is 0.0663. The maximum Gasteiger partial charge on any atom is 0.304 e. The standard InChI is InChI=1S/C13H19NO4/c1-14-10(8-13(15)16)6-9-7-11(17-2)4-5-12(9)18-3/h4-5,7,10,14H,6,8H2,1-3H3,(H,15,16). The van der Waals surface area contributed by atoms with Crippen molar-refractivity contribution in [1.29, 1.82) is 0 Å². The number of ether oxygens (including phenoxy) is 2. The Hall–Kier alpha value is -1.75. The Bertz CT molecular complexity index is 406. The third-order valence-corrected chi connectivity index (χ3v) is 2.78. The molecule has 1 atom stereocenters. The molecule has 18 heavy (non-hydrogen) atoms. The van der Waals surface area contributed by atoms with Crippen LogP contribution in [0, 0.1) is 0 Å². The molecule has 5 heteroatoms. The van der Waals surface area contributed by atoms with Crippen LogP contribution >= 0.6 is 0 Å². The van der Waals surface area contributed by atoms with Crippen LogP contribution in [-0.2, 0) is 11.2 Å². The van der Waals surface area contributed by atoms with E-state index in [2.05, 4.69) is 5.32 Å². The minimum atomic E-state index is -0.823. The average Bonchev–Trinajstić information content (AvgIpc) is 2.37. The van der Waals surface area contributed by atoms with Gasteiger partial charge in [0.1, 0.15) is 11.5 Å². The summed E-state index contributed by atoms with van der Waals surface area (Å²) < 4.78 is 10.4. The fraction of sp³-hybridized carbons (Fsp3) is 0.462. The fourth-order valence-corrected chi connectivity index (χ4v) is 1.79. The average molecular weight is 253 g/mol. The lowest BCUT2D eigenvalue weighted by molar-refractivity contribution is -0.137. The first-order chi connectivity index (χ1) is 8.60. The summed E-state index contributed by atoms with van der Waals surface area (Å²) in [6.45, 7) is 0. The lowest BCUT2D eigenvalue weighted by Crippen LogP contribution is -2.30. The third kappa shape index (κ3) is 3.92. The van der Waals surface area contributed by atoms with Gasteiger partial charge in [0, 0.05) is 6.04 Å². The van der Waals surface area contributed by atoms with Gasteiger partial charge in [-0.25, -0.2) is 0 Å². The van der Waals surface area contributed by atoms with Crippen LogP contribution in [0.15, 0.2) is 18.2 Å². The number of likely N-dealkylation sites (N-methyl/N-ethyl adjacent to an activating group) is 1. The first kappa shape index (κ1) is 14.3. The third-order valence-electron chi connectivity index (χ3n) is 2.78. The number of carbonyl (C=O) groups is 1. The van der Waals surface area contributed by atoms with Crippen molar-refractivity contribution in [3.63, 3.8) is 0 Å². The highest BCUT2D eigenvalue weighted by atomic mass is 16.5. The van der Waals surface area contributed by atoms with Crippen molar-refractivity contribution in [3.8, 4) is 11.5 Å². The number of nitrogens with one attached hydrogen (secondary N) is 1. The Labute approximate surface area is 107 Å². The van der Waals surface area contributed by atoms with Crippen molar-refractivity contribution >= 4 is 5.97 Å². The second kappa shape index (κ2) is 6.86. The zero-order chi connectivity index (χ0) is 13.5. The number of aliphatic carboxylic acids is 1. The van der Waals surface area contributed by atoms with E-state index in [0.717, 1.165) is 17.1 Å². The van der Waals surface area contributed by atoms with Gasteiger partial charge in [-0.2, -0.15) is 0 Å². The molecule has 1 unspecified atom stereocenters. The van der Waals surface area contributed by atoms with Crippen LogP contribution in [0.5, 0.6) is 11.5 Å². The number of rotatable bonds is 7. The Balaban J connectivity index is 2.88. The van der Waals surface area contributed by atoms with Gasteiger partial charge in [0.2, 0.25) is 0 Å². The van der Waals surface area contributed by atoms with E-state index in [9.17, 15) is 4.79 Å². The molecule has 100 valence electrons. The van der Waals surface area contributed by atoms with Gasteiger partial charge >= 0.3 is 5.97 Å². The summed E-state index contributed by atoms with van der Waals surface area (Å²) in [5, 5.41) is 11.8. The molecule has 2 N–H and O–H groups in total. The molecule has 1 rings (SSSR count). The van der Waals surface area contributed by atoms with E-state index in [1.807, 2.05) is 18.2 Å². The van der Waals surface area contributed by atoms with Crippen LogP contribution in [0.1, 0.15) is 12.0 Å². The van der Waals surface area contributed by atoms with Crippen LogP contribution in [-0.4, -0.2) is 38.4 Å². The second-order valence-electron chi connectivity index (χ2n) is 3.97. The number of hydrogen-bond acceptors (Lipinski definition) is 4. The maximum atomic E-state index is 10.7. The van der Waals surface area contributed by atoms with Gasteiger partial charge < -0.3 is 19.9 Å². The summed E-state index contributed by atoms with van der Waals surface area (Å²) in [4.78, 5) is 10.7.